The number of ether oxygens (including phenoxy) is 1. The van der Waals surface area contributed by atoms with Crippen molar-refractivity contribution in [3.8, 4) is 6.07 Å². The van der Waals surface area contributed by atoms with E-state index >= 15 is 0 Å². The molecular formula is C17H15NO2. The minimum absolute atomic E-state index is 0.186. The molecule has 2 rings (SSSR count). The predicted molar refractivity (Wildman–Crippen MR) is 75.8 cm³/mol. The molecule has 1 unspecified atom stereocenters. The first-order valence-corrected chi connectivity index (χ1v) is 6.41. The Kier molecular flexibility index (Phi) is 4.52. The maximum atomic E-state index is 12.0. The van der Waals surface area contributed by atoms with Crippen molar-refractivity contribution in [2.45, 2.75) is 19.4 Å². The summed E-state index contributed by atoms with van der Waals surface area (Å²) in [6.45, 7) is 2.01. The molecule has 0 heterocycles. The van der Waals surface area contributed by atoms with Crippen LogP contribution in [0, 0.1) is 11.3 Å². The van der Waals surface area contributed by atoms with Gasteiger partial charge in [0.2, 0.25) is 0 Å². The number of benzene rings is 2. The summed E-state index contributed by atoms with van der Waals surface area (Å²) in [5.74, 6) is -0.561. The van der Waals surface area contributed by atoms with Gasteiger partial charge in [-0.1, -0.05) is 42.5 Å². The van der Waals surface area contributed by atoms with Gasteiger partial charge < -0.3 is 4.74 Å². The molecule has 0 amide bonds. The number of nitrogens with zero attached hydrogens (tertiary/aromatic N) is 1. The van der Waals surface area contributed by atoms with Crippen molar-refractivity contribution >= 4 is 5.97 Å². The average molecular weight is 265 g/mol. The van der Waals surface area contributed by atoms with E-state index in [0.29, 0.717) is 5.56 Å². The van der Waals surface area contributed by atoms with Crippen LogP contribution >= 0.6 is 0 Å². The summed E-state index contributed by atoms with van der Waals surface area (Å²) >= 11 is 0. The summed E-state index contributed by atoms with van der Waals surface area (Å²) < 4.78 is 5.30. The molecule has 2 aromatic rings. The molecule has 0 aliphatic carbocycles. The van der Waals surface area contributed by atoms with Gasteiger partial charge in [-0.2, -0.15) is 5.26 Å². The zero-order valence-corrected chi connectivity index (χ0v) is 11.2. The lowest BCUT2D eigenvalue weighted by Crippen LogP contribution is -2.13. The summed E-state index contributed by atoms with van der Waals surface area (Å²) in [7, 11) is 0. The second-order valence-corrected chi connectivity index (χ2v) is 4.55. The van der Waals surface area contributed by atoms with Crippen molar-refractivity contribution in [1.29, 1.82) is 5.26 Å². The largest absolute Gasteiger partial charge is 0.460 e. The molecule has 0 fully saturated rings. The van der Waals surface area contributed by atoms with E-state index in [0.717, 1.165) is 11.1 Å². The third-order valence-corrected chi connectivity index (χ3v) is 3.09. The Bertz CT molecular complexity index is 629. The van der Waals surface area contributed by atoms with Crippen LogP contribution in [0.15, 0.2) is 54.6 Å². The molecule has 0 saturated heterocycles. The molecule has 3 nitrogen and oxygen atoms in total. The molecule has 0 bridgehead atoms. The molecule has 0 aliphatic rings. The topological polar surface area (TPSA) is 50.1 Å². The van der Waals surface area contributed by atoms with Crippen molar-refractivity contribution in [3.05, 3.63) is 71.3 Å². The lowest BCUT2D eigenvalue weighted by atomic mass is 10.0. The number of hydrogen-bond acceptors (Lipinski definition) is 3. The van der Waals surface area contributed by atoms with Crippen molar-refractivity contribution in [2.24, 2.45) is 0 Å². The minimum atomic E-state index is -0.296. The number of nitriles is 1. The molecule has 0 saturated carbocycles. The van der Waals surface area contributed by atoms with Gasteiger partial charge in [0.25, 0.3) is 0 Å². The molecule has 0 N–H and O–H groups in total. The van der Waals surface area contributed by atoms with Crippen LogP contribution in [-0.2, 0) is 16.1 Å². The Morgan fingerprint density at radius 3 is 2.65 bits per heavy atom. The number of carbonyl (C=O) groups excluding carboxylic acids is 1. The van der Waals surface area contributed by atoms with Crippen LogP contribution in [-0.4, -0.2) is 5.97 Å². The SMILES string of the molecule is CC(C(=O)OCc1cccc(C#N)c1)c1ccccc1. The van der Waals surface area contributed by atoms with E-state index in [4.69, 9.17) is 10.00 Å². The number of rotatable bonds is 4. The first-order chi connectivity index (χ1) is 9.70. The summed E-state index contributed by atoms with van der Waals surface area (Å²) in [6, 6.07) is 18.6. The second kappa shape index (κ2) is 6.53. The molecule has 0 aliphatic heterocycles. The van der Waals surface area contributed by atoms with E-state index in [1.165, 1.54) is 0 Å². The average Bonchev–Trinajstić information content (AvgIpc) is 2.53. The van der Waals surface area contributed by atoms with Crippen LogP contribution in [0.2, 0.25) is 0 Å². The zero-order valence-electron chi connectivity index (χ0n) is 11.2. The predicted octanol–water partition coefficient (Wildman–Crippen LogP) is 3.41. The van der Waals surface area contributed by atoms with Crippen LogP contribution in [0.25, 0.3) is 0 Å². The third-order valence-electron chi connectivity index (χ3n) is 3.09. The highest BCUT2D eigenvalue weighted by atomic mass is 16.5. The Morgan fingerprint density at radius 1 is 1.20 bits per heavy atom. The van der Waals surface area contributed by atoms with E-state index in [1.807, 2.05) is 43.3 Å². The van der Waals surface area contributed by atoms with E-state index in [-0.39, 0.29) is 18.5 Å². The molecule has 0 radical (unpaired) electrons. The molecule has 0 spiro atoms. The zero-order chi connectivity index (χ0) is 14.4. The monoisotopic (exact) mass is 265 g/mol. The van der Waals surface area contributed by atoms with Crippen LogP contribution in [0.4, 0.5) is 0 Å². The quantitative estimate of drug-likeness (QED) is 0.796. The molecular weight excluding hydrogens is 250 g/mol. The standard InChI is InChI=1S/C17H15NO2/c1-13(16-8-3-2-4-9-16)17(19)20-12-15-7-5-6-14(10-15)11-18/h2-10,13H,12H2,1H3. The van der Waals surface area contributed by atoms with Gasteiger partial charge >= 0.3 is 5.97 Å². The van der Waals surface area contributed by atoms with E-state index in [9.17, 15) is 4.79 Å². The maximum absolute atomic E-state index is 12.0. The summed E-state index contributed by atoms with van der Waals surface area (Å²) in [5, 5.41) is 8.82. The van der Waals surface area contributed by atoms with Crippen LogP contribution in [0.5, 0.6) is 0 Å². The van der Waals surface area contributed by atoms with Gasteiger partial charge in [0.1, 0.15) is 6.61 Å². The van der Waals surface area contributed by atoms with E-state index in [1.54, 1.807) is 18.2 Å². The van der Waals surface area contributed by atoms with Gasteiger partial charge in [0.15, 0.2) is 0 Å². The summed E-state index contributed by atoms with van der Waals surface area (Å²) in [4.78, 5) is 12.0. The Labute approximate surface area is 118 Å². The first kappa shape index (κ1) is 13.8. The van der Waals surface area contributed by atoms with Crippen molar-refractivity contribution in [2.75, 3.05) is 0 Å². The summed E-state index contributed by atoms with van der Waals surface area (Å²) in [6.07, 6.45) is 0. The third kappa shape index (κ3) is 3.46. The van der Waals surface area contributed by atoms with Gasteiger partial charge in [-0.3, -0.25) is 4.79 Å². The molecule has 2 aromatic carbocycles. The van der Waals surface area contributed by atoms with Crippen molar-refractivity contribution in [1.82, 2.24) is 0 Å². The van der Waals surface area contributed by atoms with Crippen LogP contribution in [0.3, 0.4) is 0 Å². The lowest BCUT2D eigenvalue weighted by Gasteiger charge is -2.11. The Hall–Kier alpha value is -2.60. The molecule has 100 valence electrons. The minimum Gasteiger partial charge on any atom is -0.460 e. The van der Waals surface area contributed by atoms with Crippen LogP contribution in [0.1, 0.15) is 29.5 Å². The highest BCUT2D eigenvalue weighted by Crippen LogP contribution is 2.17. The van der Waals surface area contributed by atoms with Crippen molar-refractivity contribution < 1.29 is 9.53 Å². The fourth-order valence-electron chi connectivity index (χ4n) is 1.89. The Balaban J connectivity index is 1.97. The van der Waals surface area contributed by atoms with E-state index < -0.39 is 0 Å². The Morgan fingerprint density at radius 2 is 1.95 bits per heavy atom. The first-order valence-electron chi connectivity index (χ1n) is 6.41. The van der Waals surface area contributed by atoms with Gasteiger partial charge in [-0.25, -0.2) is 0 Å². The normalized spacial score (nSPS) is 11.4. The van der Waals surface area contributed by atoms with E-state index in [2.05, 4.69) is 6.07 Å². The lowest BCUT2D eigenvalue weighted by molar-refractivity contribution is -0.146. The molecule has 1 atom stereocenters. The smallest absolute Gasteiger partial charge is 0.313 e. The summed E-state index contributed by atoms with van der Waals surface area (Å²) in [5.41, 5.74) is 2.32. The fraction of sp³-hybridized carbons (Fsp3) is 0.176. The number of hydrogen-bond donors (Lipinski definition) is 0. The number of esters is 1. The molecule has 3 heteroatoms. The van der Waals surface area contributed by atoms with Gasteiger partial charge in [0.05, 0.1) is 17.6 Å². The fourth-order valence-corrected chi connectivity index (χ4v) is 1.89. The highest BCUT2D eigenvalue weighted by Gasteiger charge is 2.16. The second-order valence-electron chi connectivity index (χ2n) is 4.55. The van der Waals surface area contributed by atoms with Crippen LogP contribution < -0.4 is 0 Å². The van der Waals surface area contributed by atoms with Gasteiger partial charge in [0, 0.05) is 0 Å². The van der Waals surface area contributed by atoms with Gasteiger partial charge in [-0.15, -0.1) is 0 Å². The molecule has 0 aromatic heterocycles. The van der Waals surface area contributed by atoms with Gasteiger partial charge in [-0.05, 0) is 30.2 Å². The highest BCUT2D eigenvalue weighted by molar-refractivity contribution is 5.77. The van der Waals surface area contributed by atoms with Crippen molar-refractivity contribution in [3.63, 3.8) is 0 Å². The molecule has 20 heavy (non-hydrogen) atoms. The number of carbonyl (C=O) groups is 1. The maximum Gasteiger partial charge on any atom is 0.313 e.